The molecular weight excluding hydrogens is 518 g/mol. The molecule has 8 rings (SSSR count). The third kappa shape index (κ3) is 3.42. The normalized spacial score (nSPS) is 60.5. The van der Waals surface area contributed by atoms with Gasteiger partial charge < -0.3 is 10.2 Å². The Kier molecular flexibility index (Phi) is 5.83. The summed E-state index contributed by atoms with van der Waals surface area (Å²) in [5.41, 5.74) is -2.38. The Balaban J connectivity index is 0.000000130. The van der Waals surface area contributed by atoms with Crippen molar-refractivity contribution in [2.24, 2.45) is 101 Å². The van der Waals surface area contributed by atoms with Gasteiger partial charge in [-0.05, 0) is 133 Å². The van der Waals surface area contributed by atoms with Crippen molar-refractivity contribution >= 4 is 0 Å². The monoisotopic (exact) mass is 562 g/mol. The van der Waals surface area contributed by atoms with Gasteiger partial charge in [0.1, 0.15) is 0 Å². The van der Waals surface area contributed by atoms with E-state index in [0.29, 0.717) is 72.0 Å². The Labute approximate surface area is 227 Å². The average molecular weight is 563 g/mol. The fourth-order valence-electron chi connectivity index (χ4n) is 13.5. The number of aliphatic hydroxyl groups is 2. The van der Waals surface area contributed by atoms with Crippen LogP contribution in [0.2, 0.25) is 0 Å². The molecule has 8 bridgehead atoms. The van der Waals surface area contributed by atoms with E-state index in [1.54, 1.807) is 0 Å². The highest BCUT2D eigenvalue weighted by atomic mass is 19.4. The summed E-state index contributed by atoms with van der Waals surface area (Å²) in [6.07, 6.45) is -6.51. The van der Waals surface area contributed by atoms with Crippen LogP contribution < -0.4 is 0 Å². The maximum absolute atomic E-state index is 13.2. The maximum atomic E-state index is 13.2. The molecule has 0 aromatic heterocycles. The Bertz CT molecular complexity index is 997. The maximum Gasteiger partial charge on any atom is 0.417 e. The molecule has 2 nitrogen and oxygen atoms in total. The minimum Gasteiger partial charge on any atom is -0.383 e. The molecule has 19 atom stereocenters. The SMILES string of the molecule is CC1C(C)C2CC1C1C3CC(C(C(O)C(F)(F)F)C3)C21.CC1C(C)C2CC1C1C3CC(C21)C(O)(C(F)(F)F)C3. The standard InChI is InChI=1S/C16H23F3O.C15H21F3O/c1-6-7(2)10-5-9(6)13-8-3-11(14(10)13)12(4-8)15(20)16(17,18)19;1-6-7(2)10-4-9(6)12-8-3-11(13(10)12)14(19,5-8)15(16,17)18/h6-15,20H,3-5H2,1-2H3;6-13,19H,3-5H2,1-2H3. The molecule has 222 valence electrons. The summed E-state index contributed by atoms with van der Waals surface area (Å²) in [6.45, 7) is 9.09. The van der Waals surface area contributed by atoms with Crippen LogP contribution in [0.1, 0.15) is 66.2 Å². The molecule has 0 amide bonds. The number of fused-ring (bicyclic) bond motifs is 18. The van der Waals surface area contributed by atoms with Crippen LogP contribution in [0.4, 0.5) is 26.3 Å². The number of hydrogen-bond acceptors (Lipinski definition) is 2. The zero-order chi connectivity index (χ0) is 28.1. The summed E-state index contributed by atoms with van der Waals surface area (Å²) < 4.78 is 78.2. The number of alkyl halides is 6. The minimum absolute atomic E-state index is 0.0351. The molecule has 2 N–H and O–H groups in total. The van der Waals surface area contributed by atoms with Gasteiger partial charge in [-0.3, -0.25) is 0 Å². The molecule has 0 saturated heterocycles. The highest BCUT2D eigenvalue weighted by Gasteiger charge is 2.75. The molecule has 0 aliphatic heterocycles. The van der Waals surface area contributed by atoms with Crippen molar-refractivity contribution in [1.82, 2.24) is 0 Å². The van der Waals surface area contributed by atoms with Gasteiger partial charge in [0, 0.05) is 5.92 Å². The van der Waals surface area contributed by atoms with Gasteiger partial charge in [-0.15, -0.1) is 0 Å². The van der Waals surface area contributed by atoms with Gasteiger partial charge in [-0.25, -0.2) is 0 Å². The fraction of sp³-hybridized carbons (Fsp3) is 1.00. The lowest BCUT2D eigenvalue weighted by molar-refractivity contribution is -0.288. The first-order chi connectivity index (χ1) is 18.1. The Hall–Kier alpha value is -0.500. The second kappa shape index (κ2) is 8.32. The zero-order valence-corrected chi connectivity index (χ0v) is 23.3. The van der Waals surface area contributed by atoms with Crippen LogP contribution in [0.15, 0.2) is 0 Å². The van der Waals surface area contributed by atoms with Gasteiger partial charge >= 0.3 is 12.4 Å². The summed E-state index contributed by atoms with van der Waals surface area (Å²) in [6, 6.07) is 0. The first-order valence-electron chi connectivity index (χ1n) is 15.6. The highest BCUT2D eigenvalue weighted by Crippen LogP contribution is 2.74. The number of aliphatic hydroxyl groups excluding tert-OH is 1. The zero-order valence-electron chi connectivity index (χ0n) is 23.3. The largest absolute Gasteiger partial charge is 0.417 e. The molecule has 8 saturated carbocycles. The predicted molar refractivity (Wildman–Crippen MR) is 133 cm³/mol. The number of hydrogen-bond donors (Lipinski definition) is 2. The third-order valence-electron chi connectivity index (χ3n) is 15.0. The lowest BCUT2D eigenvalue weighted by Crippen LogP contribution is -2.55. The van der Waals surface area contributed by atoms with Gasteiger partial charge in [0.2, 0.25) is 0 Å². The molecule has 0 spiro atoms. The summed E-state index contributed by atoms with van der Waals surface area (Å²) in [5, 5.41) is 19.9. The minimum atomic E-state index is -4.45. The lowest BCUT2D eigenvalue weighted by atomic mass is 9.61. The van der Waals surface area contributed by atoms with Crippen molar-refractivity contribution < 1.29 is 36.6 Å². The van der Waals surface area contributed by atoms with E-state index >= 15 is 0 Å². The van der Waals surface area contributed by atoms with Crippen LogP contribution in [-0.2, 0) is 0 Å². The Morgan fingerprint density at radius 1 is 0.615 bits per heavy atom. The van der Waals surface area contributed by atoms with E-state index in [2.05, 4.69) is 27.7 Å². The Morgan fingerprint density at radius 3 is 1.62 bits per heavy atom. The van der Waals surface area contributed by atoms with Crippen molar-refractivity contribution in [2.75, 3.05) is 0 Å². The van der Waals surface area contributed by atoms with E-state index in [0.717, 1.165) is 24.7 Å². The molecule has 0 aromatic carbocycles. The highest BCUT2D eigenvalue weighted by molar-refractivity contribution is 5.19. The van der Waals surface area contributed by atoms with Crippen LogP contribution in [0.3, 0.4) is 0 Å². The van der Waals surface area contributed by atoms with Gasteiger partial charge in [0.15, 0.2) is 11.7 Å². The van der Waals surface area contributed by atoms with Crippen LogP contribution in [0.25, 0.3) is 0 Å². The molecule has 8 aliphatic rings. The van der Waals surface area contributed by atoms with Gasteiger partial charge in [0.05, 0.1) is 0 Å². The van der Waals surface area contributed by atoms with Crippen LogP contribution in [-0.4, -0.2) is 34.3 Å². The molecule has 19 unspecified atom stereocenters. The van der Waals surface area contributed by atoms with Gasteiger partial charge in [-0.1, -0.05) is 27.7 Å². The lowest BCUT2D eigenvalue weighted by Gasteiger charge is -2.47. The third-order valence-corrected chi connectivity index (χ3v) is 15.0. The summed E-state index contributed by atoms with van der Waals surface area (Å²) in [7, 11) is 0. The van der Waals surface area contributed by atoms with Crippen molar-refractivity contribution in [3.63, 3.8) is 0 Å². The fourth-order valence-corrected chi connectivity index (χ4v) is 13.5. The van der Waals surface area contributed by atoms with Crippen molar-refractivity contribution in [2.45, 2.75) is 90.3 Å². The molecule has 0 radical (unpaired) electrons. The molecule has 8 aliphatic carbocycles. The smallest absolute Gasteiger partial charge is 0.383 e. The van der Waals surface area contributed by atoms with Crippen molar-refractivity contribution in [1.29, 1.82) is 0 Å². The van der Waals surface area contributed by atoms with Gasteiger partial charge in [0.25, 0.3) is 0 Å². The molecule has 39 heavy (non-hydrogen) atoms. The number of halogens is 6. The van der Waals surface area contributed by atoms with Crippen LogP contribution >= 0.6 is 0 Å². The molecule has 8 fully saturated rings. The average Bonchev–Trinajstić information content (AvgIpc) is 3.67. The van der Waals surface area contributed by atoms with Crippen molar-refractivity contribution in [3.05, 3.63) is 0 Å². The van der Waals surface area contributed by atoms with E-state index in [-0.39, 0.29) is 24.2 Å². The first-order valence-corrected chi connectivity index (χ1v) is 15.6. The predicted octanol–water partition coefficient (Wildman–Crippen LogP) is 7.19. The summed E-state index contributed by atoms with van der Waals surface area (Å²) >= 11 is 0. The number of rotatable bonds is 1. The van der Waals surface area contributed by atoms with E-state index in [1.807, 2.05) is 0 Å². The summed E-state index contributed by atoms with van der Waals surface area (Å²) in [5.74, 6) is 6.43. The molecule has 8 heteroatoms. The first kappa shape index (κ1) is 27.3. The quantitative estimate of drug-likeness (QED) is 0.262. The van der Waals surface area contributed by atoms with Crippen LogP contribution in [0, 0.1) is 101 Å². The van der Waals surface area contributed by atoms with E-state index in [4.69, 9.17) is 0 Å². The molecular formula is C31H44F6O2. The van der Waals surface area contributed by atoms with E-state index in [1.165, 1.54) is 6.42 Å². The molecule has 0 aromatic rings. The second-order valence-corrected chi connectivity index (χ2v) is 15.6. The van der Waals surface area contributed by atoms with E-state index < -0.39 is 35.9 Å². The second-order valence-electron chi connectivity index (χ2n) is 15.6. The topological polar surface area (TPSA) is 40.5 Å². The summed E-state index contributed by atoms with van der Waals surface area (Å²) in [4.78, 5) is 0. The van der Waals surface area contributed by atoms with E-state index in [9.17, 15) is 36.6 Å². The molecule has 0 heterocycles. The van der Waals surface area contributed by atoms with Gasteiger partial charge in [-0.2, -0.15) is 26.3 Å². The van der Waals surface area contributed by atoms with Crippen LogP contribution in [0.5, 0.6) is 0 Å². The van der Waals surface area contributed by atoms with Crippen molar-refractivity contribution in [3.8, 4) is 0 Å². The Morgan fingerprint density at radius 2 is 1.10 bits per heavy atom.